The average molecular weight is 251 g/mol. The number of hydrogen-bond donors (Lipinski definition) is 3. The van der Waals surface area contributed by atoms with E-state index in [1.807, 2.05) is 6.92 Å². The van der Waals surface area contributed by atoms with Gasteiger partial charge >= 0.3 is 0 Å². The van der Waals surface area contributed by atoms with Crippen LogP contribution in [0.5, 0.6) is 11.5 Å². The fraction of sp³-hybridized carbons (Fsp3) is 0.571. The lowest BCUT2D eigenvalue weighted by atomic mass is 10.0. The Morgan fingerprint density at radius 2 is 1.94 bits per heavy atom. The van der Waals surface area contributed by atoms with Crippen molar-refractivity contribution in [2.45, 2.75) is 44.4 Å². The number of ether oxygens (including phenoxy) is 1. The summed E-state index contributed by atoms with van der Waals surface area (Å²) >= 11 is 0. The molecule has 2 rings (SSSR count). The second kappa shape index (κ2) is 5.59. The summed E-state index contributed by atoms with van der Waals surface area (Å²) in [6.07, 6.45) is 3.50. The third-order valence-corrected chi connectivity index (χ3v) is 3.71. The molecule has 100 valence electrons. The van der Waals surface area contributed by atoms with Crippen molar-refractivity contribution in [1.29, 1.82) is 0 Å². The maximum Gasteiger partial charge on any atom is 0.124 e. The van der Waals surface area contributed by atoms with Gasteiger partial charge in [0.15, 0.2) is 0 Å². The minimum atomic E-state index is -0.105. The molecule has 0 aliphatic heterocycles. The molecule has 1 aliphatic carbocycles. The fourth-order valence-electron chi connectivity index (χ4n) is 2.79. The molecule has 0 spiro atoms. The van der Waals surface area contributed by atoms with Crippen LogP contribution in [-0.2, 0) is 4.74 Å². The summed E-state index contributed by atoms with van der Waals surface area (Å²) in [5.41, 5.74) is 0.555. The summed E-state index contributed by atoms with van der Waals surface area (Å²) < 4.78 is 5.43. The van der Waals surface area contributed by atoms with E-state index in [-0.39, 0.29) is 29.7 Å². The number of aromatic hydroxyl groups is 2. The molecule has 4 nitrogen and oxygen atoms in total. The van der Waals surface area contributed by atoms with E-state index in [0.717, 1.165) is 19.3 Å². The van der Waals surface area contributed by atoms with Gasteiger partial charge < -0.3 is 20.3 Å². The van der Waals surface area contributed by atoms with Gasteiger partial charge in [0.1, 0.15) is 11.5 Å². The van der Waals surface area contributed by atoms with Crippen molar-refractivity contribution in [2.24, 2.45) is 0 Å². The second-order valence-corrected chi connectivity index (χ2v) is 4.91. The van der Waals surface area contributed by atoms with E-state index in [4.69, 9.17) is 4.74 Å². The molecule has 1 aromatic carbocycles. The first-order valence-corrected chi connectivity index (χ1v) is 6.43. The van der Waals surface area contributed by atoms with Crippen LogP contribution < -0.4 is 5.32 Å². The molecule has 1 aromatic rings. The molecule has 0 aromatic heterocycles. The lowest BCUT2D eigenvalue weighted by Gasteiger charge is -2.25. The minimum absolute atomic E-state index is 0.105. The Balaban J connectivity index is 2.10. The van der Waals surface area contributed by atoms with Crippen LogP contribution in [0.3, 0.4) is 0 Å². The molecular weight excluding hydrogens is 230 g/mol. The van der Waals surface area contributed by atoms with Crippen molar-refractivity contribution in [3.63, 3.8) is 0 Å². The molecule has 4 heteroatoms. The largest absolute Gasteiger partial charge is 0.507 e. The quantitative estimate of drug-likeness (QED) is 0.768. The van der Waals surface area contributed by atoms with E-state index in [2.05, 4.69) is 5.32 Å². The Morgan fingerprint density at radius 3 is 2.56 bits per heavy atom. The fourth-order valence-corrected chi connectivity index (χ4v) is 2.79. The van der Waals surface area contributed by atoms with Crippen LogP contribution in [0.1, 0.15) is 37.8 Å². The third kappa shape index (κ3) is 2.60. The number of rotatable bonds is 4. The summed E-state index contributed by atoms with van der Waals surface area (Å²) in [7, 11) is 1.73. The molecular formula is C14H21NO3. The number of hydrogen-bond acceptors (Lipinski definition) is 4. The first kappa shape index (κ1) is 13.2. The molecule has 1 aliphatic rings. The van der Waals surface area contributed by atoms with Crippen LogP contribution in [0.4, 0.5) is 0 Å². The maximum absolute atomic E-state index is 9.83. The van der Waals surface area contributed by atoms with Crippen molar-refractivity contribution in [3.8, 4) is 11.5 Å². The van der Waals surface area contributed by atoms with Gasteiger partial charge in [0.05, 0.1) is 11.7 Å². The molecule has 0 bridgehead atoms. The van der Waals surface area contributed by atoms with Crippen molar-refractivity contribution in [2.75, 3.05) is 7.11 Å². The molecule has 3 unspecified atom stereocenters. The van der Waals surface area contributed by atoms with Crippen LogP contribution in [-0.4, -0.2) is 29.5 Å². The molecule has 1 saturated carbocycles. The Morgan fingerprint density at radius 1 is 1.28 bits per heavy atom. The number of benzene rings is 1. The highest BCUT2D eigenvalue weighted by molar-refractivity contribution is 5.44. The van der Waals surface area contributed by atoms with Gasteiger partial charge in [0.25, 0.3) is 0 Å². The first-order chi connectivity index (χ1) is 8.63. The van der Waals surface area contributed by atoms with Crippen molar-refractivity contribution in [3.05, 3.63) is 23.8 Å². The Labute approximate surface area is 108 Å². The van der Waals surface area contributed by atoms with Crippen molar-refractivity contribution in [1.82, 2.24) is 5.32 Å². The summed E-state index contributed by atoms with van der Waals surface area (Å²) in [4.78, 5) is 0. The third-order valence-electron chi connectivity index (χ3n) is 3.71. The Kier molecular flexibility index (Phi) is 4.09. The van der Waals surface area contributed by atoms with Gasteiger partial charge in [-0.2, -0.15) is 0 Å². The summed E-state index contributed by atoms with van der Waals surface area (Å²) in [6, 6.07) is 5.00. The summed E-state index contributed by atoms with van der Waals surface area (Å²) in [5.74, 6) is 0.254. The van der Waals surface area contributed by atoms with Gasteiger partial charge in [-0.15, -0.1) is 0 Å². The van der Waals surface area contributed by atoms with Crippen LogP contribution >= 0.6 is 0 Å². The Hall–Kier alpha value is -1.26. The second-order valence-electron chi connectivity index (χ2n) is 4.91. The minimum Gasteiger partial charge on any atom is -0.507 e. The van der Waals surface area contributed by atoms with Crippen molar-refractivity contribution < 1.29 is 14.9 Å². The zero-order valence-corrected chi connectivity index (χ0v) is 10.9. The highest BCUT2D eigenvalue weighted by atomic mass is 16.5. The number of nitrogens with one attached hydrogen (secondary N) is 1. The van der Waals surface area contributed by atoms with Crippen LogP contribution in [0.2, 0.25) is 0 Å². The van der Waals surface area contributed by atoms with E-state index in [0.29, 0.717) is 5.56 Å². The van der Waals surface area contributed by atoms with E-state index in [1.54, 1.807) is 25.3 Å². The summed E-state index contributed by atoms with van der Waals surface area (Å²) in [5, 5.41) is 23.1. The van der Waals surface area contributed by atoms with Crippen LogP contribution in [0.15, 0.2) is 18.2 Å². The standard InChI is InChI=1S/C14H21NO3/c1-9(14-11(16)6-4-7-12(14)17)15-10-5-3-8-13(10)18-2/h4,6-7,9-10,13,15-17H,3,5,8H2,1-2H3. The van der Waals surface area contributed by atoms with Crippen LogP contribution in [0.25, 0.3) is 0 Å². The maximum atomic E-state index is 9.83. The monoisotopic (exact) mass is 251 g/mol. The lowest BCUT2D eigenvalue weighted by Crippen LogP contribution is -2.38. The van der Waals surface area contributed by atoms with Gasteiger partial charge in [-0.3, -0.25) is 0 Å². The van der Waals surface area contributed by atoms with Gasteiger partial charge in [-0.25, -0.2) is 0 Å². The number of phenols is 2. The smallest absolute Gasteiger partial charge is 0.124 e. The molecule has 3 atom stereocenters. The highest BCUT2D eigenvalue weighted by Gasteiger charge is 2.29. The van der Waals surface area contributed by atoms with Gasteiger partial charge in [-0.05, 0) is 38.3 Å². The molecule has 0 radical (unpaired) electrons. The number of phenolic OH excluding ortho intramolecular Hbond substituents is 2. The zero-order chi connectivity index (χ0) is 13.1. The topological polar surface area (TPSA) is 61.7 Å². The van der Waals surface area contributed by atoms with E-state index in [9.17, 15) is 10.2 Å². The predicted molar refractivity (Wildman–Crippen MR) is 69.8 cm³/mol. The Bertz CT molecular complexity index is 388. The molecule has 0 heterocycles. The zero-order valence-electron chi connectivity index (χ0n) is 10.9. The SMILES string of the molecule is COC1CCCC1NC(C)c1c(O)cccc1O. The van der Waals surface area contributed by atoms with E-state index >= 15 is 0 Å². The average Bonchev–Trinajstić information content (AvgIpc) is 2.76. The summed E-state index contributed by atoms with van der Waals surface area (Å²) in [6.45, 7) is 1.94. The van der Waals surface area contributed by atoms with Gasteiger partial charge in [-0.1, -0.05) is 6.07 Å². The highest BCUT2D eigenvalue weighted by Crippen LogP contribution is 2.33. The number of methoxy groups -OCH3 is 1. The molecule has 0 amide bonds. The normalized spacial score (nSPS) is 25.2. The van der Waals surface area contributed by atoms with Gasteiger partial charge in [0.2, 0.25) is 0 Å². The van der Waals surface area contributed by atoms with E-state index < -0.39 is 0 Å². The van der Waals surface area contributed by atoms with E-state index in [1.165, 1.54) is 0 Å². The predicted octanol–water partition coefficient (Wildman–Crippen LogP) is 2.32. The first-order valence-electron chi connectivity index (χ1n) is 6.43. The molecule has 1 fully saturated rings. The van der Waals surface area contributed by atoms with Crippen LogP contribution in [0, 0.1) is 0 Å². The molecule has 3 N–H and O–H groups in total. The molecule has 18 heavy (non-hydrogen) atoms. The molecule has 0 saturated heterocycles. The lowest BCUT2D eigenvalue weighted by molar-refractivity contribution is 0.0817. The van der Waals surface area contributed by atoms with Crippen molar-refractivity contribution >= 4 is 0 Å². The van der Waals surface area contributed by atoms with Gasteiger partial charge in [0, 0.05) is 19.2 Å².